The maximum Gasteiger partial charge on any atom is 0.416 e. The first-order valence-corrected chi connectivity index (χ1v) is 9.87. The Balaban J connectivity index is 1.75. The van der Waals surface area contributed by atoms with Crippen LogP contribution in [0.4, 0.5) is 13.2 Å². The average molecular weight is 421 g/mol. The van der Waals surface area contributed by atoms with Crippen LogP contribution in [0.25, 0.3) is 0 Å². The molecular formula is C23H26F3NO3. The highest BCUT2D eigenvalue weighted by atomic mass is 19.4. The molecule has 30 heavy (non-hydrogen) atoms. The van der Waals surface area contributed by atoms with E-state index in [2.05, 4.69) is 4.90 Å². The SMILES string of the molecule is COC(=O)C[C@@H]1C[C@H](c2ccc(OC)cc2)CN(Cc2ccc(C(F)(F)F)cc2)C1. The third kappa shape index (κ3) is 5.75. The van der Waals surface area contributed by atoms with Crippen molar-refractivity contribution in [2.75, 3.05) is 27.3 Å². The largest absolute Gasteiger partial charge is 0.497 e. The van der Waals surface area contributed by atoms with Gasteiger partial charge in [0, 0.05) is 26.1 Å². The van der Waals surface area contributed by atoms with Gasteiger partial charge in [0.1, 0.15) is 5.75 Å². The van der Waals surface area contributed by atoms with Crippen LogP contribution in [-0.2, 0) is 22.3 Å². The number of hydrogen-bond donors (Lipinski definition) is 0. The number of hydrogen-bond acceptors (Lipinski definition) is 4. The van der Waals surface area contributed by atoms with Gasteiger partial charge in [-0.2, -0.15) is 13.2 Å². The highest BCUT2D eigenvalue weighted by molar-refractivity contribution is 5.69. The fourth-order valence-corrected chi connectivity index (χ4v) is 4.07. The van der Waals surface area contributed by atoms with Gasteiger partial charge in [-0.15, -0.1) is 0 Å². The second kappa shape index (κ2) is 9.51. The molecule has 2 atom stereocenters. The van der Waals surface area contributed by atoms with Crippen LogP contribution in [0.1, 0.15) is 35.4 Å². The zero-order valence-electron chi connectivity index (χ0n) is 17.1. The van der Waals surface area contributed by atoms with Crippen molar-refractivity contribution in [3.8, 4) is 5.75 Å². The van der Waals surface area contributed by atoms with Crippen molar-refractivity contribution in [1.29, 1.82) is 0 Å². The summed E-state index contributed by atoms with van der Waals surface area (Å²) >= 11 is 0. The van der Waals surface area contributed by atoms with Gasteiger partial charge in [-0.1, -0.05) is 24.3 Å². The number of halogens is 3. The van der Waals surface area contributed by atoms with Crippen LogP contribution in [-0.4, -0.2) is 38.2 Å². The molecule has 1 fully saturated rings. The number of alkyl halides is 3. The van der Waals surface area contributed by atoms with Crippen LogP contribution in [0.2, 0.25) is 0 Å². The Labute approximate surface area is 174 Å². The fraction of sp³-hybridized carbons (Fsp3) is 0.435. The van der Waals surface area contributed by atoms with Gasteiger partial charge in [0.25, 0.3) is 0 Å². The van der Waals surface area contributed by atoms with E-state index < -0.39 is 11.7 Å². The molecule has 0 unspecified atom stereocenters. The summed E-state index contributed by atoms with van der Waals surface area (Å²) in [5.41, 5.74) is 1.32. The summed E-state index contributed by atoms with van der Waals surface area (Å²) in [5.74, 6) is 0.869. The molecule has 2 aromatic rings. The summed E-state index contributed by atoms with van der Waals surface area (Å²) < 4.78 is 48.5. The zero-order chi connectivity index (χ0) is 21.7. The highest BCUT2D eigenvalue weighted by Crippen LogP contribution is 2.34. The van der Waals surface area contributed by atoms with Crippen molar-refractivity contribution in [3.05, 3.63) is 65.2 Å². The van der Waals surface area contributed by atoms with Crippen molar-refractivity contribution in [1.82, 2.24) is 4.90 Å². The zero-order valence-corrected chi connectivity index (χ0v) is 17.1. The lowest BCUT2D eigenvalue weighted by Crippen LogP contribution is -2.40. The Morgan fingerprint density at radius 2 is 1.70 bits per heavy atom. The first kappa shape index (κ1) is 22.2. The van der Waals surface area contributed by atoms with Crippen LogP contribution in [0.3, 0.4) is 0 Å². The molecule has 0 aromatic heterocycles. The molecule has 7 heteroatoms. The van der Waals surface area contributed by atoms with E-state index in [0.717, 1.165) is 42.0 Å². The molecule has 1 aliphatic rings. The van der Waals surface area contributed by atoms with Crippen molar-refractivity contribution >= 4 is 5.97 Å². The lowest BCUT2D eigenvalue weighted by atomic mass is 9.83. The Morgan fingerprint density at radius 3 is 2.27 bits per heavy atom. The summed E-state index contributed by atoms with van der Waals surface area (Å²) in [6.45, 7) is 2.00. The second-order valence-corrected chi connectivity index (χ2v) is 7.74. The van der Waals surface area contributed by atoms with Crippen LogP contribution in [0.15, 0.2) is 48.5 Å². The number of ether oxygens (including phenoxy) is 2. The molecule has 162 valence electrons. The molecule has 3 rings (SSSR count). The van der Waals surface area contributed by atoms with E-state index in [4.69, 9.17) is 9.47 Å². The van der Waals surface area contributed by atoms with Gasteiger partial charge in [-0.25, -0.2) is 0 Å². The third-order valence-corrected chi connectivity index (χ3v) is 5.57. The van der Waals surface area contributed by atoms with Crippen molar-refractivity contribution < 1.29 is 27.4 Å². The van der Waals surface area contributed by atoms with Crippen LogP contribution >= 0.6 is 0 Å². The Morgan fingerprint density at radius 1 is 1.03 bits per heavy atom. The Hall–Kier alpha value is -2.54. The number of piperidine rings is 1. The van der Waals surface area contributed by atoms with E-state index in [1.54, 1.807) is 7.11 Å². The first-order chi connectivity index (χ1) is 14.3. The van der Waals surface area contributed by atoms with Gasteiger partial charge in [-0.05, 0) is 53.6 Å². The van der Waals surface area contributed by atoms with E-state index in [1.807, 2.05) is 24.3 Å². The van der Waals surface area contributed by atoms with E-state index in [1.165, 1.54) is 19.2 Å². The number of methoxy groups -OCH3 is 2. The van der Waals surface area contributed by atoms with Gasteiger partial charge in [0.05, 0.1) is 19.8 Å². The fourth-order valence-electron chi connectivity index (χ4n) is 4.07. The lowest BCUT2D eigenvalue weighted by Gasteiger charge is -2.38. The summed E-state index contributed by atoms with van der Waals surface area (Å²) in [7, 11) is 3.00. The highest BCUT2D eigenvalue weighted by Gasteiger charge is 2.31. The number of likely N-dealkylation sites (tertiary alicyclic amines) is 1. The molecule has 2 aromatic carbocycles. The molecular weight excluding hydrogens is 395 g/mol. The van der Waals surface area contributed by atoms with E-state index >= 15 is 0 Å². The normalized spacial score (nSPS) is 20.0. The first-order valence-electron chi connectivity index (χ1n) is 9.87. The molecule has 1 aliphatic heterocycles. The van der Waals surface area contributed by atoms with Gasteiger partial charge < -0.3 is 9.47 Å². The van der Waals surface area contributed by atoms with E-state index in [9.17, 15) is 18.0 Å². The number of esters is 1. The minimum atomic E-state index is -4.34. The van der Waals surface area contributed by atoms with Crippen molar-refractivity contribution in [2.24, 2.45) is 5.92 Å². The van der Waals surface area contributed by atoms with Crippen LogP contribution in [0, 0.1) is 5.92 Å². The van der Waals surface area contributed by atoms with Gasteiger partial charge >= 0.3 is 12.1 Å². The molecule has 1 saturated heterocycles. The number of benzene rings is 2. The van der Waals surface area contributed by atoms with Crippen molar-refractivity contribution in [3.63, 3.8) is 0 Å². The van der Waals surface area contributed by atoms with Crippen LogP contribution in [0.5, 0.6) is 5.75 Å². The molecule has 1 heterocycles. The lowest BCUT2D eigenvalue weighted by molar-refractivity contribution is -0.142. The Bertz CT molecular complexity index is 834. The molecule has 0 spiro atoms. The van der Waals surface area contributed by atoms with Crippen molar-refractivity contribution in [2.45, 2.75) is 31.5 Å². The number of carbonyl (C=O) groups is 1. The quantitative estimate of drug-likeness (QED) is 0.623. The predicted molar refractivity (Wildman–Crippen MR) is 107 cm³/mol. The maximum atomic E-state index is 12.8. The predicted octanol–water partition coefficient (Wildman–Crippen LogP) is 4.88. The summed E-state index contributed by atoms with van der Waals surface area (Å²) in [6, 6.07) is 13.2. The minimum Gasteiger partial charge on any atom is -0.497 e. The monoisotopic (exact) mass is 421 g/mol. The molecule has 0 bridgehead atoms. The minimum absolute atomic E-state index is 0.118. The summed E-state index contributed by atoms with van der Waals surface area (Å²) in [5, 5.41) is 0. The van der Waals surface area contributed by atoms with E-state index in [0.29, 0.717) is 19.5 Å². The molecule has 0 saturated carbocycles. The van der Waals surface area contributed by atoms with Gasteiger partial charge in [0.2, 0.25) is 0 Å². The maximum absolute atomic E-state index is 12.8. The average Bonchev–Trinajstić information content (AvgIpc) is 2.73. The van der Waals surface area contributed by atoms with Crippen LogP contribution < -0.4 is 4.74 Å². The van der Waals surface area contributed by atoms with Gasteiger partial charge in [0.15, 0.2) is 0 Å². The molecule has 0 radical (unpaired) electrons. The summed E-state index contributed by atoms with van der Waals surface area (Å²) in [4.78, 5) is 14.0. The second-order valence-electron chi connectivity index (χ2n) is 7.74. The number of rotatable bonds is 6. The van der Waals surface area contributed by atoms with Gasteiger partial charge in [-0.3, -0.25) is 9.69 Å². The molecule has 0 aliphatic carbocycles. The van der Waals surface area contributed by atoms with E-state index in [-0.39, 0.29) is 17.8 Å². The standard InChI is InChI=1S/C23H26F3NO3/c1-29-21-9-5-18(6-10-21)19-11-17(12-22(28)30-2)14-27(15-19)13-16-3-7-20(8-4-16)23(24,25)26/h3-10,17,19H,11-15H2,1-2H3/t17-,19-/m0/s1. The molecule has 0 N–H and O–H groups in total. The summed E-state index contributed by atoms with van der Waals surface area (Å²) in [6.07, 6.45) is -3.16. The molecule has 4 nitrogen and oxygen atoms in total. The molecule has 0 amide bonds. The number of nitrogens with zero attached hydrogens (tertiary/aromatic N) is 1. The number of carbonyl (C=O) groups excluding carboxylic acids is 1. The third-order valence-electron chi connectivity index (χ3n) is 5.57. The topological polar surface area (TPSA) is 38.8 Å². The smallest absolute Gasteiger partial charge is 0.416 e. The Kier molecular flexibility index (Phi) is 7.02.